The first-order valence-corrected chi connectivity index (χ1v) is 9.68. The van der Waals surface area contributed by atoms with Crippen molar-refractivity contribution in [2.45, 2.75) is 58.5 Å². The Balaban J connectivity index is 0.00000300. The molecule has 3 heterocycles. The number of nitrogens with one attached hydrogen (secondary N) is 1. The Morgan fingerprint density at radius 1 is 1.45 bits per heavy atom. The third kappa shape index (κ3) is 4.92. The fraction of sp³-hybridized carbons (Fsp3) is 0.714. The normalized spacial score (nSPS) is 24.2. The van der Waals surface area contributed by atoms with E-state index in [9.17, 15) is 13.6 Å². The smallest absolute Gasteiger partial charge is 0.287 e. The van der Waals surface area contributed by atoms with E-state index < -0.39 is 5.92 Å². The van der Waals surface area contributed by atoms with E-state index in [-0.39, 0.29) is 43.1 Å². The summed E-state index contributed by atoms with van der Waals surface area (Å²) in [4.78, 5) is 20.9. The molecule has 1 saturated heterocycles. The van der Waals surface area contributed by atoms with Gasteiger partial charge in [-0.15, -0.1) is 0 Å². The number of fused-ring (bicyclic) bond motifs is 1. The fourth-order valence-electron chi connectivity index (χ4n) is 4.06. The molecule has 8 heteroatoms. The van der Waals surface area contributed by atoms with Gasteiger partial charge < -0.3 is 15.0 Å². The first-order chi connectivity index (χ1) is 13.0. The molecule has 1 N–H and O–H groups in total. The van der Waals surface area contributed by atoms with Crippen LogP contribution in [0.4, 0.5) is 14.5 Å². The zero-order valence-corrected chi connectivity index (χ0v) is 17.3. The fourth-order valence-corrected chi connectivity index (χ4v) is 4.06. The number of methoxy groups -OCH3 is 1. The minimum absolute atomic E-state index is 0. The molecule has 1 amide bonds. The number of ether oxygens (including phenoxy) is 1. The Morgan fingerprint density at radius 3 is 2.76 bits per heavy atom. The number of carbonyl (C=O) groups is 1. The number of alkyl halides is 2. The van der Waals surface area contributed by atoms with Crippen molar-refractivity contribution < 1.29 is 18.3 Å². The van der Waals surface area contributed by atoms with Crippen LogP contribution in [0.2, 0.25) is 0 Å². The summed E-state index contributed by atoms with van der Waals surface area (Å²) in [7, 11) is 1.65. The van der Waals surface area contributed by atoms with E-state index in [0.717, 1.165) is 25.6 Å². The molecule has 0 spiro atoms. The summed E-state index contributed by atoms with van der Waals surface area (Å²) >= 11 is 0. The number of anilines is 1. The molecule has 2 aliphatic rings. The molecular formula is C21H34F2N4O2. The summed E-state index contributed by atoms with van der Waals surface area (Å²) in [6, 6.07) is 1.75. The summed E-state index contributed by atoms with van der Waals surface area (Å²) < 4.78 is 32.9. The topological polar surface area (TPSA) is 57.7 Å². The number of pyridine rings is 1. The summed E-state index contributed by atoms with van der Waals surface area (Å²) in [6.07, 6.45) is 1.50. The number of piperazine rings is 1. The molecular weight excluding hydrogens is 378 g/mol. The molecule has 1 aromatic rings. The summed E-state index contributed by atoms with van der Waals surface area (Å²) in [5.41, 5.74) is 0.737. The van der Waals surface area contributed by atoms with Crippen molar-refractivity contribution in [3.8, 4) is 0 Å². The third-order valence-electron chi connectivity index (χ3n) is 5.63. The standard InChI is InChI=1S/C20H30F2N4O2.CH4/c1-13-9-25(14(7-23-13)11-28-5)10-18(27)26-12-19(2,3)15-8-24-17(6-16(15)26)20(4,21)22;/h6,8,13-14,23H,7,9-12H2,1-5H3;1H4/t13-,14-;/m1./s1. The lowest BCUT2D eigenvalue weighted by atomic mass is 9.88. The molecule has 0 unspecified atom stereocenters. The Kier molecular flexibility index (Phi) is 7.02. The van der Waals surface area contributed by atoms with E-state index in [1.54, 1.807) is 12.0 Å². The Bertz CT molecular complexity index is 736. The average molecular weight is 413 g/mol. The first kappa shape index (κ1) is 23.6. The molecule has 1 fully saturated rings. The zero-order chi connectivity index (χ0) is 20.7. The molecule has 1 aromatic heterocycles. The second-order valence-corrected chi connectivity index (χ2v) is 8.69. The van der Waals surface area contributed by atoms with Gasteiger partial charge in [0, 0.05) is 62.9 Å². The predicted molar refractivity (Wildman–Crippen MR) is 111 cm³/mol. The predicted octanol–water partition coefficient (Wildman–Crippen LogP) is 2.76. The van der Waals surface area contributed by atoms with Gasteiger partial charge in [-0.3, -0.25) is 14.7 Å². The second kappa shape index (κ2) is 8.62. The minimum Gasteiger partial charge on any atom is -0.383 e. The van der Waals surface area contributed by atoms with Gasteiger partial charge in [0.1, 0.15) is 5.69 Å². The number of nitrogens with zero attached hydrogens (tertiary/aromatic N) is 3. The van der Waals surface area contributed by atoms with Gasteiger partial charge in [0.25, 0.3) is 5.92 Å². The lowest BCUT2D eigenvalue weighted by Gasteiger charge is -2.39. The van der Waals surface area contributed by atoms with E-state index in [0.29, 0.717) is 18.8 Å². The van der Waals surface area contributed by atoms with E-state index in [2.05, 4.69) is 22.1 Å². The van der Waals surface area contributed by atoms with Crippen LogP contribution in [0.1, 0.15) is 46.4 Å². The van der Waals surface area contributed by atoms with Gasteiger partial charge >= 0.3 is 0 Å². The van der Waals surface area contributed by atoms with E-state index in [1.165, 1.54) is 12.3 Å². The number of rotatable bonds is 5. The van der Waals surface area contributed by atoms with E-state index >= 15 is 0 Å². The Hall–Kier alpha value is -1.64. The van der Waals surface area contributed by atoms with Gasteiger partial charge in [0.15, 0.2) is 0 Å². The van der Waals surface area contributed by atoms with Gasteiger partial charge in [-0.2, -0.15) is 8.78 Å². The molecule has 0 radical (unpaired) electrons. The number of halogens is 2. The zero-order valence-electron chi connectivity index (χ0n) is 17.3. The number of aromatic nitrogens is 1. The molecule has 2 atom stereocenters. The SMILES string of the molecule is C.COC[C@H]1CN[C@H](C)CN1CC(=O)N1CC(C)(C)c2cnc(C(C)(F)F)cc21. The molecule has 0 saturated carbocycles. The molecule has 0 bridgehead atoms. The summed E-state index contributed by atoms with van der Waals surface area (Å²) in [5, 5.41) is 3.40. The van der Waals surface area contributed by atoms with Crippen LogP contribution in [0.3, 0.4) is 0 Å². The van der Waals surface area contributed by atoms with Crippen LogP contribution in [-0.4, -0.2) is 67.8 Å². The Labute approximate surface area is 172 Å². The van der Waals surface area contributed by atoms with Crippen molar-refractivity contribution >= 4 is 11.6 Å². The largest absolute Gasteiger partial charge is 0.383 e. The number of amides is 1. The van der Waals surface area contributed by atoms with Crippen LogP contribution in [0.5, 0.6) is 0 Å². The van der Waals surface area contributed by atoms with Crippen LogP contribution in [0.15, 0.2) is 12.3 Å². The van der Waals surface area contributed by atoms with Gasteiger partial charge in [-0.25, -0.2) is 0 Å². The molecule has 0 aromatic carbocycles. The van der Waals surface area contributed by atoms with Gasteiger partial charge in [-0.1, -0.05) is 21.3 Å². The van der Waals surface area contributed by atoms with Gasteiger partial charge in [0.2, 0.25) is 5.91 Å². The second-order valence-electron chi connectivity index (χ2n) is 8.69. The van der Waals surface area contributed by atoms with Crippen molar-refractivity contribution in [3.63, 3.8) is 0 Å². The molecule has 2 aliphatic heterocycles. The summed E-state index contributed by atoms with van der Waals surface area (Å²) in [5.74, 6) is -3.13. The molecule has 6 nitrogen and oxygen atoms in total. The van der Waals surface area contributed by atoms with E-state index in [1.807, 2.05) is 13.8 Å². The molecule has 0 aliphatic carbocycles. The van der Waals surface area contributed by atoms with Gasteiger partial charge in [-0.05, 0) is 13.0 Å². The maximum absolute atomic E-state index is 13.8. The van der Waals surface area contributed by atoms with Gasteiger partial charge in [0.05, 0.1) is 18.8 Å². The van der Waals surface area contributed by atoms with Crippen molar-refractivity contribution in [1.82, 2.24) is 15.2 Å². The summed E-state index contributed by atoms with van der Waals surface area (Å²) in [6.45, 7) is 9.62. The molecule has 29 heavy (non-hydrogen) atoms. The van der Waals surface area contributed by atoms with Crippen molar-refractivity contribution in [1.29, 1.82) is 0 Å². The maximum Gasteiger partial charge on any atom is 0.287 e. The number of carbonyl (C=O) groups excluding carboxylic acids is 1. The van der Waals surface area contributed by atoms with E-state index in [4.69, 9.17) is 4.74 Å². The highest BCUT2D eigenvalue weighted by Crippen LogP contribution is 2.42. The quantitative estimate of drug-likeness (QED) is 0.806. The van der Waals surface area contributed by atoms with Crippen molar-refractivity contribution in [3.05, 3.63) is 23.5 Å². The van der Waals surface area contributed by atoms with Crippen LogP contribution < -0.4 is 10.2 Å². The lowest BCUT2D eigenvalue weighted by Crippen LogP contribution is -2.59. The number of hydrogen-bond donors (Lipinski definition) is 1. The molecule has 164 valence electrons. The average Bonchev–Trinajstić information content (AvgIpc) is 2.88. The monoisotopic (exact) mass is 412 g/mol. The van der Waals surface area contributed by atoms with Crippen LogP contribution in [0.25, 0.3) is 0 Å². The highest BCUT2D eigenvalue weighted by Gasteiger charge is 2.41. The highest BCUT2D eigenvalue weighted by molar-refractivity contribution is 5.97. The van der Waals surface area contributed by atoms with Crippen LogP contribution in [0, 0.1) is 0 Å². The maximum atomic E-state index is 13.8. The number of hydrogen-bond acceptors (Lipinski definition) is 5. The minimum atomic E-state index is -3.05. The lowest BCUT2D eigenvalue weighted by molar-refractivity contribution is -0.121. The molecule has 3 rings (SSSR count). The first-order valence-electron chi connectivity index (χ1n) is 9.68. The van der Waals surface area contributed by atoms with Crippen LogP contribution in [-0.2, 0) is 20.9 Å². The Morgan fingerprint density at radius 2 is 2.14 bits per heavy atom. The van der Waals surface area contributed by atoms with Crippen molar-refractivity contribution in [2.24, 2.45) is 0 Å². The third-order valence-corrected chi connectivity index (χ3v) is 5.63. The highest BCUT2D eigenvalue weighted by atomic mass is 19.3. The van der Waals surface area contributed by atoms with Crippen molar-refractivity contribution in [2.75, 3.05) is 44.8 Å². The van der Waals surface area contributed by atoms with Crippen LogP contribution >= 0.6 is 0 Å².